The molecule has 0 radical (unpaired) electrons. The molecular formula is C22H45NaO4S. The molecule has 1 N–H and O–H groups in total. The Morgan fingerprint density at radius 3 is 1.39 bits per heavy atom. The first kappa shape index (κ1) is 31.1. The zero-order valence-electron chi connectivity index (χ0n) is 19.0. The second-order valence-corrected chi connectivity index (χ2v) is 9.82. The predicted molar refractivity (Wildman–Crippen MR) is 114 cm³/mol. The molecule has 0 aromatic heterocycles. The molecule has 0 aliphatic heterocycles. The van der Waals surface area contributed by atoms with Gasteiger partial charge in [-0.05, 0) is 25.7 Å². The van der Waals surface area contributed by atoms with E-state index in [1.807, 2.05) is 0 Å². The van der Waals surface area contributed by atoms with E-state index in [0.717, 1.165) is 70.6 Å². The molecule has 2 unspecified atom stereocenters. The topological polar surface area (TPSA) is 77.4 Å². The third-order valence-electron chi connectivity index (χ3n) is 5.49. The molecule has 0 aliphatic rings. The van der Waals surface area contributed by atoms with Crippen LogP contribution in [0.5, 0.6) is 0 Å². The van der Waals surface area contributed by atoms with E-state index in [4.69, 9.17) is 0 Å². The summed E-state index contributed by atoms with van der Waals surface area (Å²) in [4.78, 5) is 0. The zero-order valence-corrected chi connectivity index (χ0v) is 21.8. The van der Waals surface area contributed by atoms with Crippen molar-refractivity contribution in [3.05, 3.63) is 0 Å². The molecule has 0 fully saturated rings. The predicted octanol–water partition coefficient (Wildman–Crippen LogP) is 3.33. The van der Waals surface area contributed by atoms with Crippen molar-refractivity contribution in [1.29, 1.82) is 0 Å². The summed E-state index contributed by atoms with van der Waals surface area (Å²) < 4.78 is 34.0. The average molecular weight is 429 g/mol. The van der Waals surface area contributed by atoms with E-state index in [1.54, 1.807) is 0 Å². The SMILES string of the molecule is CCCCCCCCC(O)CCCCCCCC(CCCCC)S(=O)(=O)[O-].[Na+]. The molecule has 0 bridgehead atoms. The van der Waals surface area contributed by atoms with Gasteiger partial charge in [0.25, 0.3) is 0 Å². The van der Waals surface area contributed by atoms with Gasteiger partial charge >= 0.3 is 29.6 Å². The van der Waals surface area contributed by atoms with Crippen LogP contribution >= 0.6 is 0 Å². The van der Waals surface area contributed by atoms with Gasteiger partial charge in [0.2, 0.25) is 0 Å². The Morgan fingerprint density at radius 1 is 0.643 bits per heavy atom. The summed E-state index contributed by atoms with van der Waals surface area (Å²) in [6.07, 6.45) is 18.1. The van der Waals surface area contributed by atoms with Crippen molar-refractivity contribution in [2.75, 3.05) is 0 Å². The van der Waals surface area contributed by atoms with Crippen molar-refractivity contribution in [3.63, 3.8) is 0 Å². The second kappa shape index (κ2) is 21.1. The van der Waals surface area contributed by atoms with E-state index in [0.29, 0.717) is 12.8 Å². The van der Waals surface area contributed by atoms with Gasteiger partial charge in [0.05, 0.1) is 16.2 Å². The Hall–Kier alpha value is 0.870. The van der Waals surface area contributed by atoms with Crippen LogP contribution in [0.4, 0.5) is 0 Å². The van der Waals surface area contributed by atoms with E-state index in [2.05, 4.69) is 13.8 Å². The number of hydrogen-bond acceptors (Lipinski definition) is 4. The minimum atomic E-state index is -4.15. The summed E-state index contributed by atoms with van der Waals surface area (Å²) in [5.41, 5.74) is 0. The van der Waals surface area contributed by atoms with Crippen molar-refractivity contribution < 1.29 is 47.6 Å². The van der Waals surface area contributed by atoms with E-state index in [1.165, 1.54) is 32.1 Å². The molecule has 6 heteroatoms. The summed E-state index contributed by atoms with van der Waals surface area (Å²) in [6.45, 7) is 4.30. The maximum absolute atomic E-state index is 11.3. The van der Waals surface area contributed by atoms with Crippen LogP contribution in [0.3, 0.4) is 0 Å². The molecule has 164 valence electrons. The maximum atomic E-state index is 11.3. The van der Waals surface area contributed by atoms with Gasteiger partial charge in [-0.1, -0.05) is 104 Å². The molecule has 0 saturated carbocycles. The monoisotopic (exact) mass is 428 g/mol. The molecule has 0 aliphatic carbocycles. The van der Waals surface area contributed by atoms with Gasteiger partial charge < -0.3 is 9.66 Å². The maximum Gasteiger partial charge on any atom is 1.00 e. The molecule has 4 nitrogen and oxygen atoms in total. The van der Waals surface area contributed by atoms with Gasteiger partial charge in [0, 0.05) is 5.25 Å². The Kier molecular flexibility index (Phi) is 23.4. The summed E-state index contributed by atoms with van der Waals surface area (Å²) in [5, 5.41) is 9.33. The standard InChI is InChI=1S/C22H46O4S.Na/c1-3-5-7-8-10-14-17-21(23)18-15-11-9-12-16-20-22(27(24,25)26)19-13-6-4-2;/h21-23H,3-20H2,1-2H3,(H,24,25,26);/q;+1/p-1. The molecule has 2 atom stereocenters. The molecule has 0 rings (SSSR count). The number of rotatable bonds is 20. The molecule has 0 aromatic rings. The van der Waals surface area contributed by atoms with Gasteiger partial charge in [-0.3, -0.25) is 0 Å². The van der Waals surface area contributed by atoms with Gasteiger partial charge in [0.1, 0.15) is 0 Å². The smallest absolute Gasteiger partial charge is 0.748 e. The molecular weight excluding hydrogens is 383 g/mol. The third kappa shape index (κ3) is 20.2. The first-order chi connectivity index (χ1) is 12.9. The number of unbranched alkanes of at least 4 members (excludes halogenated alkanes) is 11. The normalized spacial score (nSPS) is 13.9. The Balaban J connectivity index is 0. The molecule has 0 amide bonds. The molecule has 0 spiro atoms. The second-order valence-electron chi connectivity index (χ2n) is 8.17. The van der Waals surface area contributed by atoms with Crippen LogP contribution in [0.1, 0.15) is 129 Å². The summed E-state index contributed by atoms with van der Waals surface area (Å²) in [6, 6.07) is 0. The minimum absolute atomic E-state index is 0. The van der Waals surface area contributed by atoms with E-state index >= 15 is 0 Å². The Morgan fingerprint density at radius 2 is 0.964 bits per heavy atom. The quantitative estimate of drug-likeness (QED) is 0.183. The van der Waals surface area contributed by atoms with Crippen LogP contribution in [0, 0.1) is 0 Å². The van der Waals surface area contributed by atoms with Gasteiger partial charge in [-0.2, -0.15) is 0 Å². The van der Waals surface area contributed by atoms with E-state index < -0.39 is 15.4 Å². The van der Waals surface area contributed by atoms with Crippen LogP contribution < -0.4 is 29.6 Å². The Labute approximate surface area is 197 Å². The van der Waals surface area contributed by atoms with Gasteiger partial charge in [-0.15, -0.1) is 0 Å². The number of hydrogen-bond donors (Lipinski definition) is 1. The first-order valence-corrected chi connectivity index (χ1v) is 13.0. The van der Waals surface area contributed by atoms with Crippen LogP contribution in [-0.4, -0.2) is 29.4 Å². The molecule has 0 heterocycles. The van der Waals surface area contributed by atoms with Gasteiger partial charge in [-0.25, -0.2) is 8.42 Å². The number of aliphatic hydroxyl groups excluding tert-OH is 1. The minimum Gasteiger partial charge on any atom is -0.748 e. The van der Waals surface area contributed by atoms with Crippen molar-refractivity contribution in [2.45, 2.75) is 141 Å². The van der Waals surface area contributed by atoms with Crippen molar-refractivity contribution in [2.24, 2.45) is 0 Å². The molecule has 0 aromatic carbocycles. The third-order valence-corrected chi connectivity index (χ3v) is 6.78. The van der Waals surface area contributed by atoms with Crippen molar-refractivity contribution >= 4 is 10.1 Å². The molecule has 28 heavy (non-hydrogen) atoms. The fraction of sp³-hybridized carbons (Fsp3) is 1.00. The van der Waals surface area contributed by atoms with E-state index in [-0.39, 0.29) is 35.7 Å². The van der Waals surface area contributed by atoms with Gasteiger partial charge in [0.15, 0.2) is 0 Å². The zero-order chi connectivity index (χ0) is 20.4. The summed E-state index contributed by atoms with van der Waals surface area (Å²) in [7, 11) is -4.15. The van der Waals surface area contributed by atoms with Crippen molar-refractivity contribution in [3.8, 4) is 0 Å². The van der Waals surface area contributed by atoms with Crippen molar-refractivity contribution in [1.82, 2.24) is 0 Å². The fourth-order valence-electron chi connectivity index (χ4n) is 3.64. The summed E-state index contributed by atoms with van der Waals surface area (Å²) in [5.74, 6) is 0. The van der Waals surface area contributed by atoms with Crippen LogP contribution in [0.2, 0.25) is 0 Å². The van der Waals surface area contributed by atoms with Crippen LogP contribution in [0.15, 0.2) is 0 Å². The largest absolute Gasteiger partial charge is 1.00 e. The van der Waals surface area contributed by atoms with Crippen LogP contribution in [0.25, 0.3) is 0 Å². The summed E-state index contributed by atoms with van der Waals surface area (Å²) >= 11 is 0. The number of aliphatic hydroxyl groups is 1. The molecule has 0 saturated heterocycles. The first-order valence-electron chi connectivity index (χ1n) is 11.5. The van der Waals surface area contributed by atoms with E-state index in [9.17, 15) is 18.1 Å². The Bertz CT molecular complexity index is 415. The average Bonchev–Trinajstić information content (AvgIpc) is 2.61. The van der Waals surface area contributed by atoms with Crippen LogP contribution in [-0.2, 0) is 10.1 Å². The fourth-order valence-corrected chi connectivity index (χ4v) is 4.55.